The van der Waals surface area contributed by atoms with Crippen LogP contribution < -0.4 is 14.4 Å². The first-order valence-electron chi connectivity index (χ1n) is 10.8. The van der Waals surface area contributed by atoms with Crippen LogP contribution in [0.4, 0.5) is 5.69 Å². The van der Waals surface area contributed by atoms with Crippen LogP contribution in [-0.2, 0) is 21.4 Å². The molecule has 0 saturated heterocycles. The van der Waals surface area contributed by atoms with Crippen LogP contribution >= 0.6 is 0 Å². The van der Waals surface area contributed by atoms with Gasteiger partial charge in [-0.15, -0.1) is 0 Å². The number of benzene rings is 2. The number of nitrogens with zero attached hydrogens (tertiary/aromatic N) is 2. The van der Waals surface area contributed by atoms with E-state index in [4.69, 9.17) is 4.74 Å². The predicted molar refractivity (Wildman–Crippen MR) is 129 cm³/mol. The van der Waals surface area contributed by atoms with Crippen molar-refractivity contribution in [2.24, 2.45) is 0 Å². The fraction of sp³-hybridized carbons (Fsp3) is 0.458. The van der Waals surface area contributed by atoms with Crippen molar-refractivity contribution in [1.82, 2.24) is 9.62 Å². The molecule has 7 nitrogen and oxygen atoms in total. The summed E-state index contributed by atoms with van der Waals surface area (Å²) in [6.45, 7) is 7.90. The summed E-state index contributed by atoms with van der Waals surface area (Å²) >= 11 is 0. The molecule has 1 N–H and O–H groups in total. The Morgan fingerprint density at radius 3 is 2.31 bits per heavy atom. The molecule has 1 amide bonds. The minimum Gasteiger partial charge on any atom is -0.491 e. The maximum atomic E-state index is 12.9. The molecule has 32 heavy (non-hydrogen) atoms. The van der Waals surface area contributed by atoms with E-state index in [0.29, 0.717) is 12.2 Å². The Balaban J connectivity index is 1.96. The predicted octanol–water partition coefficient (Wildman–Crippen LogP) is 3.45. The number of nitrogens with one attached hydrogen (secondary N) is 1. The van der Waals surface area contributed by atoms with E-state index in [-0.39, 0.29) is 18.6 Å². The third-order valence-electron chi connectivity index (χ3n) is 4.92. The third-order valence-corrected chi connectivity index (χ3v) is 6.73. The van der Waals surface area contributed by atoms with E-state index < -0.39 is 10.2 Å². The normalized spacial score (nSPS) is 11.6. The zero-order valence-electron chi connectivity index (χ0n) is 19.9. The van der Waals surface area contributed by atoms with Crippen LogP contribution in [0.5, 0.6) is 5.75 Å². The van der Waals surface area contributed by atoms with E-state index in [9.17, 15) is 13.2 Å². The van der Waals surface area contributed by atoms with Crippen LogP contribution in [0.15, 0.2) is 42.5 Å². The van der Waals surface area contributed by atoms with Crippen molar-refractivity contribution in [2.75, 3.05) is 31.5 Å². The second-order valence-electron chi connectivity index (χ2n) is 8.35. The molecule has 2 rings (SSSR count). The summed E-state index contributed by atoms with van der Waals surface area (Å²) in [5, 5.41) is 2.85. The molecule has 0 spiro atoms. The van der Waals surface area contributed by atoms with E-state index in [1.54, 1.807) is 6.07 Å². The third kappa shape index (κ3) is 7.24. The molecule has 0 aliphatic heterocycles. The first kappa shape index (κ1) is 25.7. The van der Waals surface area contributed by atoms with Gasteiger partial charge in [0.15, 0.2) is 0 Å². The molecule has 0 heterocycles. The van der Waals surface area contributed by atoms with E-state index >= 15 is 0 Å². The monoisotopic (exact) mass is 461 g/mol. The summed E-state index contributed by atoms with van der Waals surface area (Å²) in [4.78, 5) is 12.6. The van der Waals surface area contributed by atoms with Gasteiger partial charge >= 0.3 is 10.2 Å². The number of carbonyl (C=O) groups excluding carboxylic acids is 1. The van der Waals surface area contributed by atoms with Crippen LogP contribution in [0.25, 0.3) is 0 Å². The number of hydrogen-bond acceptors (Lipinski definition) is 4. The summed E-state index contributed by atoms with van der Waals surface area (Å²) in [5.74, 6) is 0.503. The summed E-state index contributed by atoms with van der Waals surface area (Å²) in [6, 6.07) is 13.5. The average Bonchev–Trinajstić information content (AvgIpc) is 2.72. The van der Waals surface area contributed by atoms with Gasteiger partial charge in [-0.2, -0.15) is 12.7 Å². The van der Waals surface area contributed by atoms with Crippen LogP contribution in [0.3, 0.4) is 0 Å². The van der Waals surface area contributed by atoms with Crippen LogP contribution in [0.1, 0.15) is 37.0 Å². The van der Waals surface area contributed by atoms with Crippen molar-refractivity contribution >= 4 is 21.8 Å². The van der Waals surface area contributed by atoms with Gasteiger partial charge in [0.2, 0.25) is 5.91 Å². The Morgan fingerprint density at radius 2 is 1.72 bits per heavy atom. The van der Waals surface area contributed by atoms with E-state index in [0.717, 1.165) is 43.9 Å². The Bertz CT molecular complexity index is 1000. The Hall–Kier alpha value is -2.58. The molecule has 0 unspecified atom stereocenters. The number of amides is 1. The number of ether oxygens (including phenoxy) is 1. The molecule has 0 atom stereocenters. The number of rotatable bonds is 11. The van der Waals surface area contributed by atoms with Gasteiger partial charge in [-0.25, -0.2) is 4.31 Å². The molecule has 0 bridgehead atoms. The quantitative estimate of drug-likeness (QED) is 0.520. The molecular formula is C24H35N3O4S. The van der Waals surface area contributed by atoms with Gasteiger partial charge in [-0.3, -0.25) is 4.79 Å². The zero-order chi connectivity index (χ0) is 23.9. The minimum atomic E-state index is -3.82. The lowest BCUT2D eigenvalue weighted by Crippen LogP contribution is -2.46. The van der Waals surface area contributed by atoms with Gasteiger partial charge in [0, 0.05) is 20.6 Å². The minimum absolute atomic E-state index is 0.135. The molecule has 0 aromatic heterocycles. The molecule has 0 radical (unpaired) electrons. The van der Waals surface area contributed by atoms with Gasteiger partial charge in [-0.1, -0.05) is 24.3 Å². The Kier molecular flexibility index (Phi) is 9.09. The van der Waals surface area contributed by atoms with Gasteiger partial charge in [0.1, 0.15) is 12.3 Å². The molecule has 0 saturated carbocycles. The van der Waals surface area contributed by atoms with E-state index in [1.165, 1.54) is 14.1 Å². The Labute approximate surface area is 192 Å². The van der Waals surface area contributed by atoms with E-state index in [1.807, 2.05) is 64.1 Å². The van der Waals surface area contributed by atoms with Gasteiger partial charge in [0.05, 0.1) is 11.8 Å². The zero-order valence-corrected chi connectivity index (χ0v) is 20.7. The average molecular weight is 462 g/mol. The second kappa shape index (κ2) is 11.3. The smallest absolute Gasteiger partial charge is 0.304 e. The summed E-state index contributed by atoms with van der Waals surface area (Å²) in [6.07, 6.45) is 1.69. The summed E-state index contributed by atoms with van der Waals surface area (Å²) in [7, 11) is -0.897. The second-order valence-corrected chi connectivity index (χ2v) is 10.4. The molecule has 8 heteroatoms. The first-order chi connectivity index (χ1) is 15.0. The number of anilines is 1. The number of aryl methyl sites for hydroxylation is 3. The molecule has 176 valence electrons. The van der Waals surface area contributed by atoms with Crippen molar-refractivity contribution < 1.29 is 17.9 Å². The lowest BCUT2D eigenvalue weighted by Gasteiger charge is -2.28. The fourth-order valence-electron chi connectivity index (χ4n) is 3.19. The largest absolute Gasteiger partial charge is 0.491 e. The van der Waals surface area contributed by atoms with Crippen molar-refractivity contribution in [3.63, 3.8) is 0 Å². The topological polar surface area (TPSA) is 79.0 Å². The lowest BCUT2D eigenvalue weighted by molar-refractivity contribution is -0.119. The molecule has 0 aliphatic carbocycles. The van der Waals surface area contributed by atoms with Crippen LogP contribution in [-0.4, -0.2) is 51.9 Å². The van der Waals surface area contributed by atoms with Crippen molar-refractivity contribution in [2.45, 2.75) is 46.6 Å². The maximum absolute atomic E-state index is 12.9. The highest BCUT2D eigenvalue weighted by Crippen LogP contribution is 2.25. The maximum Gasteiger partial charge on any atom is 0.304 e. The number of hydrogen-bond donors (Lipinski definition) is 1. The van der Waals surface area contributed by atoms with Gasteiger partial charge in [0.25, 0.3) is 0 Å². The highest BCUT2D eigenvalue weighted by molar-refractivity contribution is 7.90. The van der Waals surface area contributed by atoms with Gasteiger partial charge in [-0.05, 0) is 75.4 Å². The lowest BCUT2D eigenvalue weighted by atomic mass is 10.1. The van der Waals surface area contributed by atoms with Crippen LogP contribution in [0.2, 0.25) is 0 Å². The van der Waals surface area contributed by atoms with Crippen molar-refractivity contribution in [3.05, 3.63) is 59.2 Å². The van der Waals surface area contributed by atoms with E-state index in [2.05, 4.69) is 5.32 Å². The van der Waals surface area contributed by atoms with Crippen molar-refractivity contribution in [1.29, 1.82) is 0 Å². The SMILES string of the molecule is Cc1ccc(C)c(N(CC(=O)NCCCc2ccc(OC(C)C)cc2)S(=O)(=O)N(C)C)c1. The summed E-state index contributed by atoms with van der Waals surface area (Å²) < 4.78 is 33.7. The summed E-state index contributed by atoms with van der Waals surface area (Å²) in [5.41, 5.74) is 3.38. The molecule has 2 aromatic rings. The van der Waals surface area contributed by atoms with Crippen LogP contribution in [0, 0.1) is 13.8 Å². The van der Waals surface area contributed by atoms with Gasteiger partial charge < -0.3 is 10.1 Å². The Morgan fingerprint density at radius 1 is 1.06 bits per heavy atom. The molecule has 0 aliphatic rings. The standard InChI is InChI=1S/C24H35N3O4S/c1-18(2)31-22-13-11-21(12-14-22)8-7-15-25-24(28)17-27(32(29,30)26(5)6)23-16-19(3)9-10-20(23)4/h9-14,16,18H,7-8,15,17H2,1-6H3,(H,25,28). The molecular weight excluding hydrogens is 426 g/mol. The van der Waals surface area contributed by atoms with Crippen molar-refractivity contribution in [3.8, 4) is 5.75 Å². The highest BCUT2D eigenvalue weighted by Gasteiger charge is 2.28. The number of carbonyl (C=O) groups is 1. The first-order valence-corrected chi connectivity index (χ1v) is 12.2. The fourth-order valence-corrected chi connectivity index (χ4v) is 4.31. The highest BCUT2D eigenvalue weighted by atomic mass is 32.2. The molecule has 0 fully saturated rings. The molecule has 2 aromatic carbocycles.